The summed E-state index contributed by atoms with van der Waals surface area (Å²) in [5.41, 5.74) is -0.107. The molecule has 0 amide bonds. The maximum atomic E-state index is 12.8. The molecule has 0 atom stereocenters. The monoisotopic (exact) mass is 294 g/mol. The molecule has 0 radical (unpaired) electrons. The summed E-state index contributed by atoms with van der Waals surface area (Å²) in [5.74, 6) is 0.334. The molecular weight excluding hydrogens is 281 g/mol. The smallest absolute Gasteiger partial charge is 0.416 e. The van der Waals surface area contributed by atoms with Gasteiger partial charge in [-0.05, 0) is 37.3 Å². The van der Waals surface area contributed by atoms with Crippen LogP contribution >= 0.6 is 0 Å². The van der Waals surface area contributed by atoms with Crippen molar-refractivity contribution < 1.29 is 22.7 Å². The van der Waals surface area contributed by atoms with Gasteiger partial charge in [-0.2, -0.15) is 13.2 Å². The van der Waals surface area contributed by atoms with Crippen LogP contribution in [0.15, 0.2) is 48.5 Å². The van der Waals surface area contributed by atoms with Crippen molar-refractivity contribution in [3.63, 3.8) is 0 Å². The van der Waals surface area contributed by atoms with Crippen LogP contribution in [0.4, 0.5) is 13.2 Å². The molecule has 110 valence electrons. The van der Waals surface area contributed by atoms with Crippen molar-refractivity contribution in [2.75, 3.05) is 0 Å². The summed E-state index contributed by atoms with van der Waals surface area (Å²) in [6.07, 6.45) is -4.40. The van der Waals surface area contributed by atoms with Crippen molar-refractivity contribution in [3.8, 4) is 5.75 Å². The van der Waals surface area contributed by atoms with Gasteiger partial charge in [0.25, 0.3) is 0 Å². The van der Waals surface area contributed by atoms with Crippen molar-refractivity contribution in [1.82, 2.24) is 0 Å². The minimum absolute atomic E-state index is 0.0700. The predicted molar refractivity (Wildman–Crippen MR) is 72.2 cm³/mol. The highest BCUT2D eigenvalue weighted by Crippen LogP contribution is 2.32. The Bertz CT molecular complexity index is 631. The molecule has 0 bridgehead atoms. The minimum Gasteiger partial charge on any atom is -0.489 e. The molecule has 0 heterocycles. The summed E-state index contributed by atoms with van der Waals surface area (Å²) in [4.78, 5) is 11.1. The van der Waals surface area contributed by atoms with E-state index in [1.54, 1.807) is 24.3 Å². The zero-order chi connectivity index (χ0) is 15.5. The number of rotatable bonds is 4. The Morgan fingerprint density at radius 3 is 2.24 bits per heavy atom. The van der Waals surface area contributed by atoms with E-state index in [0.717, 1.165) is 6.07 Å². The van der Waals surface area contributed by atoms with Gasteiger partial charge >= 0.3 is 6.18 Å². The second-order valence-electron chi connectivity index (χ2n) is 4.52. The van der Waals surface area contributed by atoms with E-state index in [-0.39, 0.29) is 18.0 Å². The highest BCUT2D eigenvalue weighted by atomic mass is 19.4. The highest BCUT2D eigenvalue weighted by molar-refractivity contribution is 5.94. The molecule has 0 fully saturated rings. The Balaban J connectivity index is 2.12. The Hall–Kier alpha value is -2.30. The molecule has 0 aliphatic rings. The van der Waals surface area contributed by atoms with E-state index in [1.165, 1.54) is 25.1 Å². The lowest BCUT2D eigenvalue weighted by Crippen LogP contribution is -2.10. The van der Waals surface area contributed by atoms with Crippen LogP contribution in [0.3, 0.4) is 0 Å². The molecule has 2 aromatic carbocycles. The normalized spacial score (nSPS) is 11.2. The number of carbonyl (C=O) groups is 1. The highest BCUT2D eigenvalue weighted by Gasteiger charge is 2.32. The quantitative estimate of drug-likeness (QED) is 0.777. The summed E-state index contributed by atoms with van der Waals surface area (Å²) in [6.45, 7) is 1.25. The Labute approximate surface area is 120 Å². The fourth-order valence-electron chi connectivity index (χ4n) is 1.87. The first-order valence-corrected chi connectivity index (χ1v) is 6.27. The van der Waals surface area contributed by atoms with Gasteiger partial charge in [0, 0.05) is 11.1 Å². The fraction of sp³-hybridized carbons (Fsp3) is 0.188. The third kappa shape index (κ3) is 3.84. The number of ether oxygens (including phenoxy) is 1. The molecule has 0 N–H and O–H groups in total. The van der Waals surface area contributed by atoms with Gasteiger partial charge in [0.2, 0.25) is 0 Å². The molecule has 2 rings (SSSR count). The van der Waals surface area contributed by atoms with E-state index >= 15 is 0 Å². The average Bonchev–Trinajstić information content (AvgIpc) is 2.45. The minimum atomic E-state index is -4.40. The maximum Gasteiger partial charge on any atom is 0.416 e. The molecule has 0 saturated heterocycles. The van der Waals surface area contributed by atoms with Gasteiger partial charge in [0.15, 0.2) is 5.78 Å². The summed E-state index contributed by atoms with van der Waals surface area (Å²) in [7, 11) is 0. The topological polar surface area (TPSA) is 26.3 Å². The number of ketones is 1. The van der Waals surface area contributed by atoms with Gasteiger partial charge in [0.1, 0.15) is 12.4 Å². The van der Waals surface area contributed by atoms with Crippen LogP contribution in [0.5, 0.6) is 5.75 Å². The maximum absolute atomic E-state index is 12.8. The number of hydrogen-bond donors (Lipinski definition) is 0. The molecule has 0 spiro atoms. The van der Waals surface area contributed by atoms with E-state index in [0.29, 0.717) is 11.3 Å². The molecule has 21 heavy (non-hydrogen) atoms. The van der Waals surface area contributed by atoms with Crippen LogP contribution in [0.2, 0.25) is 0 Å². The summed E-state index contributed by atoms with van der Waals surface area (Å²) in [6, 6.07) is 11.6. The second-order valence-corrected chi connectivity index (χ2v) is 4.52. The largest absolute Gasteiger partial charge is 0.489 e. The molecule has 0 unspecified atom stereocenters. The Morgan fingerprint density at radius 2 is 1.67 bits per heavy atom. The van der Waals surface area contributed by atoms with Crippen molar-refractivity contribution in [2.24, 2.45) is 0 Å². The summed E-state index contributed by atoms with van der Waals surface area (Å²) < 4.78 is 43.8. The van der Waals surface area contributed by atoms with Gasteiger partial charge in [-0.1, -0.05) is 18.2 Å². The van der Waals surface area contributed by atoms with Gasteiger partial charge in [-0.3, -0.25) is 4.79 Å². The second kappa shape index (κ2) is 5.99. The summed E-state index contributed by atoms with van der Waals surface area (Å²) >= 11 is 0. The molecule has 5 heteroatoms. The lowest BCUT2D eigenvalue weighted by Gasteiger charge is -2.13. The standard InChI is InChI=1S/C16H13F3O2/c1-11(20)12-6-8-14(9-7-12)21-10-13-4-2-3-5-15(13)16(17,18)19/h2-9H,10H2,1H3. The molecule has 0 aromatic heterocycles. The van der Waals surface area contributed by atoms with Gasteiger partial charge in [0.05, 0.1) is 5.56 Å². The molecule has 2 nitrogen and oxygen atoms in total. The number of carbonyl (C=O) groups excluding carboxylic acids is 1. The van der Waals surface area contributed by atoms with Crippen LogP contribution < -0.4 is 4.74 Å². The molecule has 0 saturated carbocycles. The summed E-state index contributed by atoms with van der Waals surface area (Å²) in [5, 5.41) is 0. The van der Waals surface area contributed by atoms with Crippen LogP contribution in [-0.2, 0) is 12.8 Å². The van der Waals surface area contributed by atoms with Gasteiger partial charge < -0.3 is 4.74 Å². The zero-order valence-electron chi connectivity index (χ0n) is 11.3. The lowest BCUT2D eigenvalue weighted by atomic mass is 10.1. The SMILES string of the molecule is CC(=O)c1ccc(OCc2ccccc2C(F)(F)F)cc1. The fourth-order valence-corrected chi connectivity index (χ4v) is 1.87. The van der Waals surface area contributed by atoms with Crippen molar-refractivity contribution in [1.29, 1.82) is 0 Å². The average molecular weight is 294 g/mol. The first kappa shape index (κ1) is 15.1. The van der Waals surface area contributed by atoms with Gasteiger partial charge in [-0.25, -0.2) is 0 Å². The third-order valence-electron chi connectivity index (χ3n) is 2.98. The van der Waals surface area contributed by atoms with Crippen molar-refractivity contribution in [3.05, 3.63) is 65.2 Å². The number of alkyl halides is 3. The van der Waals surface area contributed by atoms with E-state index in [1.807, 2.05) is 0 Å². The van der Waals surface area contributed by atoms with Crippen LogP contribution in [0, 0.1) is 0 Å². The van der Waals surface area contributed by atoms with Crippen molar-refractivity contribution in [2.45, 2.75) is 19.7 Å². The predicted octanol–water partition coefficient (Wildman–Crippen LogP) is 4.49. The van der Waals surface area contributed by atoms with E-state index < -0.39 is 11.7 Å². The number of hydrogen-bond acceptors (Lipinski definition) is 2. The molecular formula is C16H13F3O2. The number of halogens is 3. The van der Waals surface area contributed by atoms with Crippen LogP contribution in [0.25, 0.3) is 0 Å². The lowest BCUT2D eigenvalue weighted by molar-refractivity contribution is -0.138. The van der Waals surface area contributed by atoms with Crippen LogP contribution in [0.1, 0.15) is 28.4 Å². The molecule has 0 aliphatic carbocycles. The Kier molecular flexibility index (Phi) is 4.31. The third-order valence-corrected chi connectivity index (χ3v) is 2.98. The zero-order valence-corrected chi connectivity index (χ0v) is 11.3. The molecule has 0 aliphatic heterocycles. The van der Waals surface area contributed by atoms with E-state index in [4.69, 9.17) is 4.74 Å². The number of benzene rings is 2. The van der Waals surface area contributed by atoms with E-state index in [2.05, 4.69) is 0 Å². The number of Topliss-reactive ketones (excluding diaryl/α,β-unsaturated/α-hetero) is 1. The van der Waals surface area contributed by atoms with E-state index in [9.17, 15) is 18.0 Å². The first-order valence-electron chi connectivity index (χ1n) is 6.27. The van der Waals surface area contributed by atoms with Crippen LogP contribution in [-0.4, -0.2) is 5.78 Å². The molecule has 2 aromatic rings. The van der Waals surface area contributed by atoms with Gasteiger partial charge in [-0.15, -0.1) is 0 Å². The Morgan fingerprint density at radius 1 is 1.05 bits per heavy atom. The first-order chi connectivity index (χ1) is 9.88. The van der Waals surface area contributed by atoms with Crippen molar-refractivity contribution >= 4 is 5.78 Å².